The van der Waals surface area contributed by atoms with E-state index < -0.39 is 25.3 Å². The Balaban J connectivity index is 3.23. The molecule has 0 atom stereocenters. The molecule has 0 N–H and O–H groups in total. The van der Waals surface area contributed by atoms with Gasteiger partial charge < -0.3 is 4.52 Å². The zero-order chi connectivity index (χ0) is 16.1. The van der Waals surface area contributed by atoms with E-state index in [2.05, 4.69) is 0 Å². The van der Waals surface area contributed by atoms with Crippen LogP contribution in [0.2, 0.25) is 0 Å². The number of phosphoric ester groups is 1. The average molecular weight is 326 g/mol. The molecule has 0 fully saturated rings. The minimum Gasteiger partial charge on any atom is -0.403 e. The van der Waals surface area contributed by atoms with Gasteiger partial charge in [0.25, 0.3) is 0 Å². The summed E-state index contributed by atoms with van der Waals surface area (Å²) in [7, 11) is -4.15. The van der Waals surface area contributed by atoms with Crippen LogP contribution in [0.4, 0.5) is 13.2 Å². The molecule has 0 spiro atoms. The lowest BCUT2D eigenvalue weighted by molar-refractivity contribution is -0.138. The van der Waals surface area contributed by atoms with Gasteiger partial charge in [-0.2, -0.15) is 13.2 Å². The second-order valence-electron chi connectivity index (χ2n) is 3.75. The van der Waals surface area contributed by atoms with E-state index >= 15 is 0 Å². The summed E-state index contributed by atoms with van der Waals surface area (Å²) in [6, 6.07) is 2.61. The van der Waals surface area contributed by atoms with Gasteiger partial charge in [0.05, 0.1) is 18.8 Å². The van der Waals surface area contributed by atoms with Gasteiger partial charge >= 0.3 is 14.0 Å². The molecule has 1 aromatic rings. The molecule has 0 aliphatic heterocycles. The van der Waals surface area contributed by atoms with E-state index in [0.717, 1.165) is 12.1 Å². The number of rotatable bonds is 7. The van der Waals surface area contributed by atoms with Gasteiger partial charge in [0.15, 0.2) is 0 Å². The highest BCUT2D eigenvalue weighted by atomic mass is 31.2. The molecule has 0 saturated carbocycles. The van der Waals surface area contributed by atoms with E-state index in [0.29, 0.717) is 6.07 Å². The molecule has 0 aromatic heterocycles. The number of hydrogen-bond donors (Lipinski definition) is 0. The fraction of sp³-hybridized carbons (Fsp3) is 0.417. The monoisotopic (exact) mass is 326 g/mol. The van der Waals surface area contributed by atoms with Crippen molar-refractivity contribution in [3.05, 3.63) is 29.3 Å². The Kier molecular flexibility index (Phi) is 5.95. The minimum absolute atomic E-state index is 0.0644. The fourth-order valence-electron chi connectivity index (χ4n) is 1.45. The van der Waals surface area contributed by atoms with Gasteiger partial charge in [-0.3, -0.25) is 13.8 Å². The number of benzene rings is 1. The predicted molar refractivity (Wildman–Crippen MR) is 68.3 cm³/mol. The number of alkyl halides is 3. The van der Waals surface area contributed by atoms with Crippen LogP contribution in [0.3, 0.4) is 0 Å². The molecule has 21 heavy (non-hydrogen) atoms. The lowest BCUT2D eigenvalue weighted by Gasteiger charge is -2.20. The third-order valence-corrected chi connectivity index (χ3v) is 3.80. The molecule has 1 rings (SSSR count). The second kappa shape index (κ2) is 7.06. The van der Waals surface area contributed by atoms with E-state index in [-0.39, 0.29) is 25.1 Å². The number of halogens is 3. The Morgan fingerprint density at radius 2 is 1.76 bits per heavy atom. The van der Waals surface area contributed by atoms with Crippen LogP contribution in [0.25, 0.3) is 0 Å². The standard InChI is InChI=1S/C12H14F3O5P/c1-3-18-21(17,19-4-2)20-11-6-5-9(8-16)7-10(11)12(13,14)15/h5-8H,3-4H2,1-2H3. The molecule has 0 aliphatic rings. The second-order valence-corrected chi connectivity index (χ2v) is 5.34. The van der Waals surface area contributed by atoms with Gasteiger partial charge in [-0.05, 0) is 32.0 Å². The van der Waals surface area contributed by atoms with E-state index in [1.807, 2.05) is 0 Å². The molecule has 118 valence electrons. The van der Waals surface area contributed by atoms with Crippen molar-refractivity contribution >= 4 is 14.1 Å². The fourth-order valence-corrected chi connectivity index (χ4v) is 2.66. The largest absolute Gasteiger partial charge is 0.530 e. The summed E-state index contributed by atoms with van der Waals surface area (Å²) >= 11 is 0. The summed E-state index contributed by atoms with van der Waals surface area (Å²) in [5.74, 6) is -0.724. The van der Waals surface area contributed by atoms with Gasteiger partial charge in [0, 0.05) is 5.56 Å². The first-order chi connectivity index (χ1) is 9.75. The Labute approximate surface area is 119 Å². The van der Waals surface area contributed by atoms with E-state index in [1.165, 1.54) is 13.8 Å². The molecule has 0 bridgehead atoms. The molecule has 0 amide bonds. The molecule has 5 nitrogen and oxygen atoms in total. The van der Waals surface area contributed by atoms with Gasteiger partial charge in [-0.25, -0.2) is 4.57 Å². The number of aldehydes is 1. The minimum atomic E-state index is -4.78. The van der Waals surface area contributed by atoms with Crippen molar-refractivity contribution in [2.24, 2.45) is 0 Å². The van der Waals surface area contributed by atoms with Crippen molar-refractivity contribution in [2.45, 2.75) is 20.0 Å². The third kappa shape index (κ3) is 4.84. The van der Waals surface area contributed by atoms with Crippen LogP contribution < -0.4 is 4.52 Å². The average Bonchev–Trinajstić information content (AvgIpc) is 2.38. The van der Waals surface area contributed by atoms with Gasteiger partial charge in [0.2, 0.25) is 0 Å². The van der Waals surface area contributed by atoms with Crippen LogP contribution in [0.1, 0.15) is 29.8 Å². The summed E-state index contributed by atoms with van der Waals surface area (Å²) in [6.45, 7) is 2.86. The summed E-state index contributed by atoms with van der Waals surface area (Å²) in [5.41, 5.74) is -1.41. The van der Waals surface area contributed by atoms with Crippen molar-refractivity contribution < 1.29 is 36.1 Å². The quantitative estimate of drug-likeness (QED) is 0.558. The number of carbonyl (C=O) groups excluding carboxylic acids is 1. The zero-order valence-electron chi connectivity index (χ0n) is 11.3. The molecule has 1 aromatic carbocycles. The van der Waals surface area contributed by atoms with Gasteiger partial charge in [0.1, 0.15) is 12.0 Å². The van der Waals surface area contributed by atoms with Crippen molar-refractivity contribution in [1.29, 1.82) is 0 Å². The van der Waals surface area contributed by atoms with Crippen LogP contribution in [-0.2, 0) is 19.8 Å². The summed E-state index contributed by atoms with van der Waals surface area (Å²) in [5, 5.41) is 0. The molecule has 0 saturated heterocycles. The SMILES string of the molecule is CCOP(=O)(OCC)Oc1ccc(C=O)cc1C(F)(F)F. The van der Waals surface area contributed by atoms with Crippen LogP contribution in [-0.4, -0.2) is 19.5 Å². The van der Waals surface area contributed by atoms with Crippen molar-refractivity contribution in [3.8, 4) is 5.75 Å². The van der Waals surface area contributed by atoms with Gasteiger partial charge in [-0.1, -0.05) is 0 Å². The lowest BCUT2D eigenvalue weighted by atomic mass is 10.1. The van der Waals surface area contributed by atoms with Crippen LogP contribution in [0.15, 0.2) is 18.2 Å². The van der Waals surface area contributed by atoms with Crippen molar-refractivity contribution in [3.63, 3.8) is 0 Å². The summed E-state index contributed by atoms with van der Waals surface area (Å²) in [4.78, 5) is 10.6. The molecule has 0 heterocycles. The topological polar surface area (TPSA) is 61.8 Å². The van der Waals surface area contributed by atoms with Crippen molar-refractivity contribution in [2.75, 3.05) is 13.2 Å². The van der Waals surface area contributed by atoms with Crippen LogP contribution >= 0.6 is 7.82 Å². The normalized spacial score (nSPS) is 12.2. The first-order valence-electron chi connectivity index (χ1n) is 6.01. The molecular formula is C12H14F3O5P. The van der Waals surface area contributed by atoms with Crippen LogP contribution in [0, 0.1) is 0 Å². The first-order valence-corrected chi connectivity index (χ1v) is 7.47. The number of hydrogen-bond acceptors (Lipinski definition) is 5. The smallest absolute Gasteiger partial charge is 0.403 e. The predicted octanol–water partition coefficient (Wildman–Crippen LogP) is 4.08. The summed E-state index contributed by atoms with van der Waals surface area (Å²) in [6.07, 6.45) is -4.51. The maximum absolute atomic E-state index is 12.9. The summed E-state index contributed by atoms with van der Waals surface area (Å²) < 4.78 is 65.3. The lowest BCUT2D eigenvalue weighted by Crippen LogP contribution is -2.10. The Hall–Kier alpha value is -1.37. The number of carbonyl (C=O) groups is 1. The molecule has 0 aliphatic carbocycles. The van der Waals surface area contributed by atoms with E-state index in [9.17, 15) is 22.5 Å². The molecule has 0 unspecified atom stereocenters. The van der Waals surface area contributed by atoms with E-state index in [4.69, 9.17) is 13.6 Å². The van der Waals surface area contributed by atoms with Crippen LogP contribution in [0.5, 0.6) is 5.75 Å². The highest BCUT2D eigenvalue weighted by Crippen LogP contribution is 2.51. The Morgan fingerprint density at radius 3 is 2.19 bits per heavy atom. The Morgan fingerprint density at radius 1 is 1.19 bits per heavy atom. The zero-order valence-corrected chi connectivity index (χ0v) is 12.2. The molecular weight excluding hydrogens is 312 g/mol. The third-order valence-electron chi connectivity index (χ3n) is 2.23. The first kappa shape index (κ1) is 17.7. The molecule has 0 radical (unpaired) electrons. The maximum atomic E-state index is 12.9. The number of phosphoric acid groups is 1. The maximum Gasteiger partial charge on any atom is 0.530 e. The van der Waals surface area contributed by atoms with Crippen molar-refractivity contribution in [1.82, 2.24) is 0 Å². The Bertz CT molecular complexity index is 534. The highest BCUT2D eigenvalue weighted by Gasteiger charge is 2.38. The van der Waals surface area contributed by atoms with Gasteiger partial charge in [-0.15, -0.1) is 0 Å². The molecule has 9 heteroatoms. The van der Waals surface area contributed by atoms with E-state index in [1.54, 1.807) is 0 Å². The highest BCUT2D eigenvalue weighted by molar-refractivity contribution is 7.48.